The molecular weight excluding hydrogens is 248 g/mol. The summed E-state index contributed by atoms with van der Waals surface area (Å²) in [6, 6.07) is 18.4. The van der Waals surface area contributed by atoms with Gasteiger partial charge in [0.15, 0.2) is 0 Å². The van der Waals surface area contributed by atoms with Crippen LogP contribution >= 0.6 is 0 Å². The standard InChI is InChI=1S/C17H22N2O/c1-20-16-9-7-14(8-10-16)13-19-12-11-17(18)15-5-3-2-4-6-15/h2-10,17,19H,11-13,18H2,1H3. The summed E-state index contributed by atoms with van der Waals surface area (Å²) in [6.45, 7) is 1.76. The van der Waals surface area contributed by atoms with Crippen LogP contribution in [0.5, 0.6) is 5.75 Å². The molecule has 0 saturated carbocycles. The Morgan fingerprint density at radius 2 is 1.75 bits per heavy atom. The zero-order chi connectivity index (χ0) is 14.2. The van der Waals surface area contributed by atoms with Crippen LogP contribution in [0.2, 0.25) is 0 Å². The molecule has 1 atom stereocenters. The lowest BCUT2D eigenvalue weighted by Gasteiger charge is -2.12. The third kappa shape index (κ3) is 4.37. The Labute approximate surface area is 120 Å². The van der Waals surface area contributed by atoms with Crippen molar-refractivity contribution in [1.29, 1.82) is 0 Å². The van der Waals surface area contributed by atoms with E-state index in [-0.39, 0.29) is 6.04 Å². The minimum absolute atomic E-state index is 0.0968. The molecule has 106 valence electrons. The molecule has 1 unspecified atom stereocenters. The van der Waals surface area contributed by atoms with E-state index in [1.807, 2.05) is 30.3 Å². The third-order valence-corrected chi connectivity index (χ3v) is 3.35. The van der Waals surface area contributed by atoms with Crippen LogP contribution in [-0.4, -0.2) is 13.7 Å². The lowest BCUT2D eigenvalue weighted by atomic mass is 10.1. The summed E-state index contributed by atoms with van der Waals surface area (Å²) in [4.78, 5) is 0. The monoisotopic (exact) mass is 270 g/mol. The van der Waals surface area contributed by atoms with Gasteiger partial charge in [0, 0.05) is 12.6 Å². The molecule has 2 rings (SSSR count). The van der Waals surface area contributed by atoms with E-state index >= 15 is 0 Å². The van der Waals surface area contributed by atoms with Crippen molar-refractivity contribution in [1.82, 2.24) is 5.32 Å². The molecule has 0 amide bonds. The lowest BCUT2D eigenvalue weighted by molar-refractivity contribution is 0.414. The van der Waals surface area contributed by atoms with E-state index in [2.05, 4.69) is 29.6 Å². The van der Waals surface area contributed by atoms with Crippen LogP contribution in [0.25, 0.3) is 0 Å². The molecule has 0 spiro atoms. The van der Waals surface area contributed by atoms with Gasteiger partial charge in [-0.2, -0.15) is 0 Å². The minimum atomic E-state index is 0.0968. The molecule has 2 aromatic rings. The Kier molecular flexibility index (Phi) is 5.59. The van der Waals surface area contributed by atoms with Crippen molar-refractivity contribution in [2.24, 2.45) is 5.73 Å². The van der Waals surface area contributed by atoms with Crippen molar-refractivity contribution >= 4 is 0 Å². The van der Waals surface area contributed by atoms with E-state index in [1.54, 1.807) is 7.11 Å². The van der Waals surface area contributed by atoms with Crippen molar-refractivity contribution in [2.75, 3.05) is 13.7 Å². The number of ether oxygens (including phenoxy) is 1. The number of benzene rings is 2. The number of hydrogen-bond acceptors (Lipinski definition) is 3. The highest BCUT2D eigenvalue weighted by Gasteiger charge is 2.04. The van der Waals surface area contributed by atoms with Gasteiger partial charge < -0.3 is 15.8 Å². The Morgan fingerprint density at radius 3 is 2.40 bits per heavy atom. The van der Waals surface area contributed by atoms with Crippen molar-refractivity contribution < 1.29 is 4.74 Å². The number of nitrogens with one attached hydrogen (secondary N) is 1. The van der Waals surface area contributed by atoms with Crippen LogP contribution < -0.4 is 15.8 Å². The van der Waals surface area contributed by atoms with Gasteiger partial charge in [0.25, 0.3) is 0 Å². The summed E-state index contributed by atoms with van der Waals surface area (Å²) in [6.07, 6.45) is 0.931. The molecule has 0 aliphatic rings. The largest absolute Gasteiger partial charge is 0.497 e. The Hall–Kier alpha value is -1.84. The van der Waals surface area contributed by atoms with Gasteiger partial charge in [0.2, 0.25) is 0 Å². The van der Waals surface area contributed by atoms with Crippen molar-refractivity contribution in [3.8, 4) is 5.75 Å². The summed E-state index contributed by atoms with van der Waals surface area (Å²) in [5, 5.41) is 3.42. The average molecular weight is 270 g/mol. The molecule has 0 aliphatic heterocycles. The highest BCUT2D eigenvalue weighted by molar-refractivity contribution is 5.27. The van der Waals surface area contributed by atoms with Crippen molar-refractivity contribution in [2.45, 2.75) is 19.0 Å². The topological polar surface area (TPSA) is 47.3 Å². The number of nitrogens with two attached hydrogens (primary N) is 1. The second-order valence-electron chi connectivity index (χ2n) is 4.83. The van der Waals surface area contributed by atoms with Crippen LogP contribution in [0, 0.1) is 0 Å². The quantitative estimate of drug-likeness (QED) is 0.761. The Balaban J connectivity index is 1.70. The van der Waals surface area contributed by atoms with Gasteiger partial charge in [0.1, 0.15) is 5.75 Å². The summed E-state index contributed by atoms with van der Waals surface area (Å²) in [5.41, 5.74) is 8.60. The summed E-state index contributed by atoms with van der Waals surface area (Å²) in [5.74, 6) is 0.889. The van der Waals surface area contributed by atoms with Crippen LogP contribution in [0.1, 0.15) is 23.6 Å². The van der Waals surface area contributed by atoms with Gasteiger partial charge in [-0.05, 0) is 36.2 Å². The van der Waals surface area contributed by atoms with E-state index in [4.69, 9.17) is 10.5 Å². The third-order valence-electron chi connectivity index (χ3n) is 3.35. The summed E-state index contributed by atoms with van der Waals surface area (Å²) < 4.78 is 5.14. The summed E-state index contributed by atoms with van der Waals surface area (Å²) in [7, 11) is 1.68. The maximum atomic E-state index is 6.16. The van der Waals surface area contributed by atoms with Crippen molar-refractivity contribution in [3.63, 3.8) is 0 Å². The van der Waals surface area contributed by atoms with Crippen LogP contribution in [0.4, 0.5) is 0 Å². The average Bonchev–Trinajstić information content (AvgIpc) is 2.53. The smallest absolute Gasteiger partial charge is 0.118 e. The molecule has 3 heteroatoms. The second kappa shape index (κ2) is 7.68. The highest BCUT2D eigenvalue weighted by Crippen LogP contribution is 2.13. The van der Waals surface area contributed by atoms with Crippen LogP contribution in [-0.2, 0) is 6.54 Å². The zero-order valence-corrected chi connectivity index (χ0v) is 11.9. The molecule has 0 radical (unpaired) electrons. The first kappa shape index (κ1) is 14.6. The minimum Gasteiger partial charge on any atom is -0.497 e. The molecular formula is C17H22N2O. The predicted molar refractivity (Wildman–Crippen MR) is 82.7 cm³/mol. The van der Waals surface area contributed by atoms with Crippen LogP contribution in [0.15, 0.2) is 54.6 Å². The molecule has 0 aromatic heterocycles. The fraction of sp³-hybridized carbons (Fsp3) is 0.294. The lowest BCUT2D eigenvalue weighted by Crippen LogP contribution is -2.20. The van der Waals surface area contributed by atoms with Gasteiger partial charge in [-0.25, -0.2) is 0 Å². The zero-order valence-electron chi connectivity index (χ0n) is 11.9. The maximum Gasteiger partial charge on any atom is 0.118 e. The molecule has 20 heavy (non-hydrogen) atoms. The first-order chi connectivity index (χ1) is 9.79. The van der Waals surface area contributed by atoms with Gasteiger partial charge in [-0.15, -0.1) is 0 Å². The number of hydrogen-bond donors (Lipinski definition) is 2. The fourth-order valence-electron chi connectivity index (χ4n) is 2.10. The predicted octanol–water partition coefficient (Wildman–Crippen LogP) is 2.87. The van der Waals surface area contributed by atoms with E-state index in [0.29, 0.717) is 0 Å². The second-order valence-corrected chi connectivity index (χ2v) is 4.83. The molecule has 0 bridgehead atoms. The van der Waals surface area contributed by atoms with Crippen LogP contribution in [0.3, 0.4) is 0 Å². The van der Waals surface area contributed by atoms with E-state index < -0.39 is 0 Å². The van der Waals surface area contributed by atoms with Gasteiger partial charge in [-0.3, -0.25) is 0 Å². The van der Waals surface area contributed by atoms with Crippen molar-refractivity contribution in [3.05, 3.63) is 65.7 Å². The maximum absolute atomic E-state index is 6.16. The number of rotatable bonds is 7. The first-order valence-corrected chi connectivity index (χ1v) is 6.94. The normalized spacial score (nSPS) is 12.1. The number of methoxy groups -OCH3 is 1. The molecule has 2 aromatic carbocycles. The molecule has 3 nitrogen and oxygen atoms in total. The van der Waals surface area contributed by atoms with E-state index in [9.17, 15) is 0 Å². The molecule has 0 aliphatic carbocycles. The first-order valence-electron chi connectivity index (χ1n) is 6.94. The fourth-order valence-corrected chi connectivity index (χ4v) is 2.10. The molecule has 0 saturated heterocycles. The van der Waals surface area contributed by atoms with Gasteiger partial charge in [0.05, 0.1) is 7.11 Å². The molecule has 3 N–H and O–H groups in total. The van der Waals surface area contributed by atoms with E-state index in [1.165, 1.54) is 11.1 Å². The van der Waals surface area contributed by atoms with Gasteiger partial charge >= 0.3 is 0 Å². The summed E-state index contributed by atoms with van der Waals surface area (Å²) >= 11 is 0. The highest BCUT2D eigenvalue weighted by atomic mass is 16.5. The SMILES string of the molecule is COc1ccc(CNCCC(N)c2ccccc2)cc1. The van der Waals surface area contributed by atoms with Gasteiger partial charge in [-0.1, -0.05) is 42.5 Å². The molecule has 0 heterocycles. The Morgan fingerprint density at radius 1 is 1.05 bits per heavy atom. The van der Waals surface area contributed by atoms with E-state index in [0.717, 1.165) is 25.3 Å². The molecule has 0 fully saturated rings. The Bertz CT molecular complexity index is 496.